The Morgan fingerprint density at radius 2 is 1.88 bits per heavy atom. The molecule has 0 spiro atoms. The lowest BCUT2D eigenvalue weighted by Gasteiger charge is -2.16. The zero-order valence-corrected chi connectivity index (χ0v) is 15.6. The van der Waals surface area contributed by atoms with Crippen LogP contribution in [0.4, 0.5) is 5.69 Å². The number of benzene rings is 2. The van der Waals surface area contributed by atoms with Crippen LogP contribution in [0.15, 0.2) is 30.3 Å². The highest BCUT2D eigenvalue weighted by Crippen LogP contribution is 2.34. The molecule has 0 radical (unpaired) electrons. The largest absolute Gasteiger partial charge is 0.493 e. The third-order valence-corrected chi connectivity index (χ3v) is 4.06. The number of rotatable bonds is 7. The van der Waals surface area contributed by atoms with Crippen LogP contribution in [0.5, 0.6) is 11.5 Å². The number of carbonyl (C=O) groups is 1. The highest BCUT2D eigenvalue weighted by Gasteiger charge is 2.13. The van der Waals surface area contributed by atoms with Crippen LogP contribution in [0.2, 0.25) is 10.0 Å². The van der Waals surface area contributed by atoms with Gasteiger partial charge in [0.2, 0.25) is 0 Å². The number of hydrogen-bond acceptors (Lipinski definition) is 4. The number of halogens is 2. The Hall–Kier alpha value is -2.11. The maximum atomic E-state index is 11.1. The maximum Gasteiger partial charge on any atom is 0.337 e. The summed E-state index contributed by atoms with van der Waals surface area (Å²) in [7, 11) is 1.56. The fourth-order valence-corrected chi connectivity index (χ4v) is 2.63. The lowest BCUT2D eigenvalue weighted by molar-refractivity contribution is 0.0697. The standard InChI is InChI=1S/C18H19Cl2NO4/c1-10(2)25-17-8-15(20)11(6-16(17)24-3)9-21-12-4-5-14(19)13(7-12)18(22)23/h4-8,10,21H,9H2,1-3H3,(H,22,23). The van der Waals surface area contributed by atoms with Crippen molar-refractivity contribution in [3.63, 3.8) is 0 Å². The average Bonchev–Trinajstić information content (AvgIpc) is 2.54. The minimum Gasteiger partial charge on any atom is -0.493 e. The van der Waals surface area contributed by atoms with E-state index in [1.54, 1.807) is 25.3 Å². The molecule has 5 nitrogen and oxygen atoms in total. The maximum absolute atomic E-state index is 11.1. The van der Waals surface area contributed by atoms with Crippen LogP contribution in [0.1, 0.15) is 29.8 Å². The van der Waals surface area contributed by atoms with E-state index in [9.17, 15) is 4.79 Å². The fraction of sp³-hybridized carbons (Fsp3) is 0.278. The van der Waals surface area contributed by atoms with Gasteiger partial charge in [0, 0.05) is 23.3 Å². The van der Waals surface area contributed by atoms with E-state index in [1.807, 2.05) is 13.8 Å². The van der Waals surface area contributed by atoms with Gasteiger partial charge in [0.05, 0.1) is 23.8 Å². The number of carboxylic acid groups (broad SMARTS) is 1. The second-order valence-corrected chi connectivity index (χ2v) is 6.43. The normalized spacial score (nSPS) is 10.6. The summed E-state index contributed by atoms with van der Waals surface area (Å²) in [5.74, 6) is 0.0756. The van der Waals surface area contributed by atoms with Gasteiger partial charge < -0.3 is 19.9 Å². The zero-order valence-electron chi connectivity index (χ0n) is 14.1. The molecule has 0 atom stereocenters. The number of aromatic carboxylic acids is 1. The van der Waals surface area contributed by atoms with Crippen molar-refractivity contribution in [2.45, 2.75) is 26.5 Å². The van der Waals surface area contributed by atoms with Gasteiger partial charge >= 0.3 is 5.97 Å². The molecular weight excluding hydrogens is 365 g/mol. The molecule has 0 amide bonds. The van der Waals surface area contributed by atoms with Crippen molar-refractivity contribution in [2.24, 2.45) is 0 Å². The van der Waals surface area contributed by atoms with Gasteiger partial charge in [0.25, 0.3) is 0 Å². The molecule has 0 saturated carbocycles. The summed E-state index contributed by atoms with van der Waals surface area (Å²) >= 11 is 12.2. The Morgan fingerprint density at radius 1 is 1.16 bits per heavy atom. The smallest absolute Gasteiger partial charge is 0.337 e. The first-order valence-electron chi connectivity index (χ1n) is 7.61. The lowest BCUT2D eigenvalue weighted by Crippen LogP contribution is -2.08. The van der Waals surface area contributed by atoms with Crippen LogP contribution in [-0.4, -0.2) is 24.3 Å². The van der Waals surface area contributed by atoms with Crippen LogP contribution >= 0.6 is 23.2 Å². The SMILES string of the molecule is COc1cc(CNc2ccc(Cl)c(C(=O)O)c2)c(Cl)cc1OC(C)C. The predicted molar refractivity (Wildman–Crippen MR) is 99.5 cm³/mol. The molecule has 25 heavy (non-hydrogen) atoms. The summed E-state index contributed by atoms with van der Waals surface area (Å²) in [4.78, 5) is 11.1. The third-order valence-electron chi connectivity index (χ3n) is 3.38. The number of methoxy groups -OCH3 is 1. The van der Waals surface area contributed by atoms with E-state index in [4.69, 9.17) is 37.8 Å². The van der Waals surface area contributed by atoms with Gasteiger partial charge in [-0.1, -0.05) is 23.2 Å². The molecule has 0 aromatic heterocycles. The van der Waals surface area contributed by atoms with Crippen molar-refractivity contribution in [2.75, 3.05) is 12.4 Å². The topological polar surface area (TPSA) is 67.8 Å². The molecule has 0 bridgehead atoms. The van der Waals surface area contributed by atoms with E-state index >= 15 is 0 Å². The van der Waals surface area contributed by atoms with Crippen LogP contribution in [0, 0.1) is 0 Å². The van der Waals surface area contributed by atoms with E-state index in [1.165, 1.54) is 12.1 Å². The second kappa shape index (κ2) is 8.32. The van der Waals surface area contributed by atoms with Gasteiger partial charge in [-0.25, -0.2) is 4.79 Å². The fourth-order valence-electron chi connectivity index (χ4n) is 2.21. The molecule has 0 aliphatic heterocycles. The van der Waals surface area contributed by atoms with Crippen LogP contribution in [0.25, 0.3) is 0 Å². The second-order valence-electron chi connectivity index (χ2n) is 5.61. The number of carboxylic acids is 1. The van der Waals surface area contributed by atoms with Gasteiger partial charge in [-0.2, -0.15) is 0 Å². The molecule has 0 aliphatic carbocycles. The highest BCUT2D eigenvalue weighted by molar-refractivity contribution is 6.33. The quantitative estimate of drug-likeness (QED) is 0.695. The van der Waals surface area contributed by atoms with E-state index in [-0.39, 0.29) is 16.7 Å². The molecule has 2 N–H and O–H groups in total. The molecule has 0 heterocycles. The Morgan fingerprint density at radius 3 is 2.48 bits per heavy atom. The number of ether oxygens (including phenoxy) is 2. The first kappa shape index (κ1) is 19.2. The summed E-state index contributed by atoms with van der Waals surface area (Å²) < 4.78 is 11.0. The predicted octanol–water partition coefficient (Wildman–Crippen LogP) is 5.10. The van der Waals surface area contributed by atoms with Gasteiger partial charge in [-0.15, -0.1) is 0 Å². The molecule has 0 unspecified atom stereocenters. The summed E-state index contributed by atoms with van der Waals surface area (Å²) in [5.41, 5.74) is 1.46. The monoisotopic (exact) mass is 383 g/mol. The van der Waals surface area contributed by atoms with Crippen molar-refractivity contribution in [3.05, 3.63) is 51.5 Å². The summed E-state index contributed by atoms with van der Waals surface area (Å²) in [6.07, 6.45) is -0.00236. The van der Waals surface area contributed by atoms with E-state index < -0.39 is 5.97 Å². The van der Waals surface area contributed by atoms with Crippen molar-refractivity contribution >= 4 is 34.9 Å². The van der Waals surface area contributed by atoms with Crippen molar-refractivity contribution in [1.29, 1.82) is 0 Å². The van der Waals surface area contributed by atoms with Crippen molar-refractivity contribution < 1.29 is 19.4 Å². The first-order chi connectivity index (χ1) is 11.8. The molecule has 7 heteroatoms. The Bertz CT molecular complexity index is 778. The zero-order chi connectivity index (χ0) is 18.6. The third kappa shape index (κ3) is 4.94. The number of hydrogen-bond donors (Lipinski definition) is 2. The number of anilines is 1. The van der Waals surface area contributed by atoms with Crippen LogP contribution in [-0.2, 0) is 6.54 Å². The van der Waals surface area contributed by atoms with Gasteiger partial charge in [-0.05, 0) is 43.7 Å². The van der Waals surface area contributed by atoms with E-state index in [2.05, 4.69) is 5.32 Å². The lowest BCUT2D eigenvalue weighted by atomic mass is 10.1. The molecule has 134 valence electrons. The first-order valence-corrected chi connectivity index (χ1v) is 8.37. The highest BCUT2D eigenvalue weighted by atomic mass is 35.5. The molecule has 0 aliphatic rings. The Kier molecular flexibility index (Phi) is 6.39. The molecule has 0 saturated heterocycles. The van der Waals surface area contributed by atoms with Gasteiger partial charge in [0.15, 0.2) is 11.5 Å². The minimum atomic E-state index is -1.08. The Labute approximate surface area is 156 Å². The average molecular weight is 384 g/mol. The molecule has 2 rings (SSSR count). The van der Waals surface area contributed by atoms with Crippen molar-refractivity contribution in [1.82, 2.24) is 0 Å². The summed E-state index contributed by atoms with van der Waals surface area (Å²) in [5, 5.41) is 13.0. The molecule has 0 fully saturated rings. The minimum absolute atomic E-state index is 0.00236. The molecule has 2 aromatic rings. The van der Waals surface area contributed by atoms with Gasteiger partial charge in [-0.3, -0.25) is 0 Å². The summed E-state index contributed by atoms with van der Waals surface area (Å²) in [6.45, 7) is 4.23. The Balaban J connectivity index is 2.20. The van der Waals surface area contributed by atoms with Crippen LogP contribution < -0.4 is 14.8 Å². The number of nitrogens with one attached hydrogen (secondary N) is 1. The van der Waals surface area contributed by atoms with E-state index in [0.717, 1.165) is 5.56 Å². The van der Waals surface area contributed by atoms with Crippen LogP contribution in [0.3, 0.4) is 0 Å². The molecule has 2 aromatic carbocycles. The molecular formula is C18H19Cl2NO4. The van der Waals surface area contributed by atoms with Gasteiger partial charge in [0.1, 0.15) is 0 Å². The summed E-state index contributed by atoms with van der Waals surface area (Å²) in [6, 6.07) is 8.22. The van der Waals surface area contributed by atoms with E-state index in [0.29, 0.717) is 28.8 Å². The van der Waals surface area contributed by atoms with Crippen molar-refractivity contribution in [3.8, 4) is 11.5 Å².